The predicted octanol–water partition coefficient (Wildman–Crippen LogP) is 1.10. The van der Waals surface area contributed by atoms with E-state index in [0.29, 0.717) is 5.91 Å². The molecule has 1 aliphatic rings. The summed E-state index contributed by atoms with van der Waals surface area (Å²) < 4.78 is 3.81. The molecule has 0 aromatic rings. The van der Waals surface area contributed by atoms with Crippen LogP contribution in [0.5, 0.6) is 0 Å². The Morgan fingerprint density at radius 2 is 1.53 bits per heavy atom. The third-order valence-electron chi connectivity index (χ3n) is 3.61. The fourth-order valence-electron chi connectivity index (χ4n) is 2.35. The molecule has 1 rings (SSSR count). The molecule has 0 aliphatic carbocycles. The molecule has 0 aromatic carbocycles. The summed E-state index contributed by atoms with van der Waals surface area (Å²) in [6.07, 6.45) is 9.07. The van der Waals surface area contributed by atoms with Gasteiger partial charge in [0.1, 0.15) is 0 Å². The second kappa shape index (κ2) is 12.5. The van der Waals surface area contributed by atoms with E-state index in [-0.39, 0.29) is 17.0 Å². The van der Waals surface area contributed by atoms with Gasteiger partial charge in [-0.05, 0) is 0 Å². The summed E-state index contributed by atoms with van der Waals surface area (Å²) in [6.45, 7) is 6.60. The van der Waals surface area contributed by atoms with Crippen LogP contribution in [0, 0.1) is 0 Å². The number of amides is 1. The van der Waals surface area contributed by atoms with Gasteiger partial charge in [0.15, 0.2) is 0 Å². The van der Waals surface area contributed by atoms with E-state index in [1.54, 1.807) is 0 Å². The van der Waals surface area contributed by atoms with Gasteiger partial charge >= 0.3 is 120 Å². The molecule has 2 nitrogen and oxygen atoms in total. The first-order chi connectivity index (χ1) is 8.77. The number of halogens is 1. The van der Waals surface area contributed by atoms with Gasteiger partial charge in [-0.15, -0.1) is 0 Å². The number of unbranched alkanes of at least 4 members (excludes halogenated alkanes) is 2. The van der Waals surface area contributed by atoms with Crippen molar-refractivity contribution in [2.75, 3.05) is 13.1 Å². The van der Waals surface area contributed by atoms with Crippen molar-refractivity contribution < 1.29 is 21.8 Å². The smallest absolute Gasteiger partial charge is 1.00 e. The number of nitrogens with zero attached hydrogens (tertiary/aromatic N) is 1. The van der Waals surface area contributed by atoms with Crippen LogP contribution in [0.15, 0.2) is 0 Å². The maximum atomic E-state index is 12.3. The van der Waals surface area contributed by atoms with Crippen LogP contribution in [0.1, 0.15) is 58.8 Å². The van der Waals surface area contributed by atoms with Crippen molar-refractivity contribution in [1.82, 2.24) is 4.90 Å². The van der Waals surface area contributed by atoms with Crippen molar-refractivity contribution in [3.05, 3.63) is 0 Å². The first-order valence-corrected chi connectivity index (χ1v) is 12.6. The predicted molar refractivity (Wildman–Crippen MR) is 80.4 cm³/mol. The van der Waals surface area contributed by atoms with E-state index < -0.39 is 19.6 Å². The molecule has 0 bridgehead atoms. The standard InChI is InChI=1S/C15H30NOTe.BrH/c1-3-5-12-18(13-6-4-2)14-15(17)16-10-8-7-9-11-16;/h3-14H2,1-2H3;1H/q+1;/p-1. The van der Waals surface area contributed by atoms with E-state index in [1.807, 2.05) is 0 Å². The van der Waals surface area contributed by atoms with E-state index >= 15 is 0 Å². The minimum absolute atomic E-state index is 0. The van der Waals surface area contributed by atoms with Gasteiger partial charge in [0.2, 0.25) is 0 Å². The van der Waals surface area contributed by atoms with Crippen molar-refractivity contribution in [3.63, 3.8) is 0 Å². The summed E-state index contributed by atoms with van der Waals surface area (Å²) in [5.74, 6) is 0.499. The van der Waals surface area contributed by atoms with E-state index in [4.69, 9.17) is 0 Å². The Labute approximate surface area is 137 Å². The van der Waals surface area contributed by atoms with Crippen molar-refractivity contribution in [1.29, 1.82) is 0 Å². The molecule has 0 atom stereocenters. The Balaban J connectivity index is 0.00000324. The number of likely N-dealkylation sites (tertiary alicyclic amines) is 1. The first kappa shape index (κ1) is 19.7. The minimum atomic E-state index is -1.11. The number of piperidine rings is 1. The third kappa shape index (κ3) is 8.58. The molecule has 0 unspecified atom stereocenters. The fourth-order valence-corrected chi connectivity index (χ4v) is 9.26. The van der Waals surface area contributed by atoms with Crippen molar-refractivity contribution in [2.24, 2.45) is 0 Å². The number of hydrogen-bond donors (Lipinski definition) is 0. The van der Waals surface area contributed by atoms with Crippen LogP contribution in [0.2, 0.25) is 13.4 Å². The molecule has 19 heavy (non-hydrogen) atoms. The molecular weight excluding hydrogens is 418 g/mol. The van der Waals surface area contributed by atoms with Gasteiger partial charge in [-0.2, -0.15) is 0 Å². The summed E-state index contributed by atoms with van der Waals surface area (Å²) in [6, 6.07) is 0. The molecule has 114 valence electrons. The van der Waals surface area contributed by atoms with Crippen LogP contribution in [0.3, 0.4) is 0 Å². The van der Waals surface area contributed by atoms with Crippen LogP contribution in [-0.4, -0.2) is 43.4 Å². The summed E-state index contributed by atoms with van der Waals surface area (Å²) in [5, 5.41) is 0. The second-order valence-electron chi connectivity index (χ2n) is 5.31. The zero-order valence-electron chi connectivity index (χ0n) is 12.6. The van der Waals surface area contributed by atoms with Gasteiger partial charge in [-0.25, -0.2) is 0 Å². The van der Waals surface area contributed by atoms with Crippen LogP contribution in [-0.2, 0) is 4.79 Å². The molecule has 4 heteroatoms. The van der Waals surface area contributed by atoms with E-state index in [1.165, 1.54) is 53.9 Å². The van der Waals surface area contributed by atoms with Gasteiger partial charge in [0, 0.05) is 0 Å². The van der Waals surface area contributed by atoms with Gasteiger partial charge in [0.25, 0.3) is 0 Å². The molecule has 0 aromatic heterocycles. The summed E-state index contributed by atoms with van der Waals surface area (Å²) in [4.78, 5) is 14.5. The van der Waals surface area contributed by atoms with Crippen LogP contribution >= 0.6 is 0 Å². The van der Waals surface area contributed by atoms with Gasteiger partial charge < -0.3 is 17.0 Å². The molecule has 0 saturated carbocycles. The average molecular weight is 448 g/mol. The second-order valence-corrected chi connectivity index (χ2v) is 12.0. The molecule has 1 amide bonds. The quantitative estimate of drug-likeness (QED) is 0.510. The van der Waals surface area contributed by atoms with Crippen molar-refractivity contribution in [3.8, 4) is 0 Å². The Kier molecular flexibility index (Phi) is 13.0. The molecule has 1 saturated heterocycles. The topological polar surface area (TPSA) is 20.3 Å². The van der Waals surface area contributed by atoms with E-state index in [9.17, 15) is 4.79 Å². The monoisotopic (exact) mass is 449 g/mol. The van der Waals surface area contributed by atoms with Crippen LogP contribution in [0.4, 0.5) is 0 Å². The molecule has 0 radical (unpaired) electrons. The summed E-state index contributed by atoms with van der Waals surface area (Å²) >= 11 is -1.11. The fraction of sp³-hybridized carbons (Fsp3) is 0.933. The number of rotatable bonds is 8. The van der Waals surface area contributed by atoms with Crippen molar-refractivity contribution in [2.45, 2.75) is 72.2 Å². The normalized spacial score (nSPS) is 15.4. The van der Waals surface area contributed by atoms with E-state index in [2.05, 4.69) is 18.7 Å². The molecule has 0 N–H and O–H groups in total. The average Bonchev–Trinajstić information content (AvgIpc) is 2.42. The molecular formula is C15H30BrNOTe. The van der Waals surface area contributed by atoms with Crippen LogP contribution < -0.4 is 17.0 Å². The zero-order chi connectivity index (χ0) is 13.2. The van der Waals surface area contributed by atoms with Gasteiger partial charge in [-0.1, -0.05) is 0 Å². The Bertz CT molecular complexity index is 224. The molecule has 1 aliphatic heterocycles. The van der Waals surface area contributed by atoms with Crippen LogP contribution in [0.25, 0.3) is 0 Å². The molecule has 1 fully saturated rings. The molecule has 0 spiro atoms. The maximum absolute atomic E-state index is 12.3. The molecule has 1 heterocycles. The summed E-state index contributed by atoms with van der Waals surface area (Å²) in [5.41, 5.74) is 0. The Morgan fingerprint density at radius 1 is 1.00 bits per heavy atom. The number of carbonyl (C=O) groups excluding carboxylic acids is 1. The van der Waals surface area contributed by atoms with Gasteiger partial charge in [-0.3, -0.25) is 0 Å². The van der Waals surface area contributed by atoms with Gasteiger partial charge in [0.05, 0.1) is 0 Å². The van der Waals surface area contributed by atoms with E-state index in [0.717, 1.165) is 17.6 Å². The Hall–Kier alpha value is 0.740. The Morgan fingerprint density at radius 3 is 2.00 bits per heavy atom. The minimum Gasteiger partial charge on any atom is -1.00 e. The third-order valence-corrected chi connectivity index (χ3v) is 10.4. The zero-order valence-corrected chi connectivity index (χ0v) is 16.5. The van der Waals surface area contributed by atoms with Crippen molar-refractivity contribution >= 4 is 25.5 Å². The maximum Gasteiger partial charge on any atom is -1.00 e. The summed E-state index contributed by atoms with van der Waals surface area (Å²) in [7, 11) is 0. The first-order valence-electron chi connectivity index (χ1n) is 7.69. The number of carbonyl (C=O) groups is 1. The largest absolute Gasteiger partial charge is 1.00 e. The SMILES string of the molecule is CCCC[Te+](CCCC)CC(=O)N1CCCCC1.[Br-]. The number of hydrogen-bond acceptors (Lipinski definition) is 1.